The van der Waals surface area contributed by atoms with Crippen LogP contribution in [0.5, 0.6) is 0 Å². The van der Waals surface area contributed by atoms with E-state index in [-0.39, 0.29) is 11.7 Å². The Balaban J connectivity index is 1.93. The first-order valence-corrected chi connectivity index (χ1v) is 8.20. The van der Waals surface area contributed by atoms with Gasteiger partial charge >= 0.3 is 0 Å². The first-order valence-electron chi connectivity index (χ1n) is 8.20. The molecule has 2 heterocycles. The molecule has 2 aromatic rings. The summed E-state index contributed by atoms with van der Waals surface area (Å²) < 4.78 is 2.12. The highest BCUT2D eigenvalue weighted by Crippen LogP contribution is 2.33. The Kier molecular flexibility index (Phi) is 4.20. The van der Waals surface area contributed by atoms with E-state index in [0.29, 0.717) is 5.95 Å². The van der Waals surface area contributed by atoms with E-state index in [4.69, 9.17) is 0 Å². The summed E-state index contributed by atoms with van der Waals surface area (Å²) >= 11 is 0. The molecule has 0 atom stereocenters. The summed E-state index contributed by atoms with van der Waals surface area (Å²) in [5, 5.41) is 0. The van der Waals surface area contributed by atoms with Crippen molar-refractivity contribution < 1.29 is 4.79 Å². The first kappa shape index (κ1) is 15.7. The third-order valence-electron chi connectivity index (χ3n) is 4.20. The van der Waals surface area contributed by atoms with Crippen LogP contribution >= 0.6 is 0 Å². The lowest BCUT2D eigenvalue weighted by Crippen LogP contribution is -2.14. The second-order valence-corrected chi connectivity index (χ2v) is 6.89. The molecule has 3 rings (SSSR count). The summed E-state index contributed by atoms with van der Waals surface area (Å²) in [6, 6.07) is 1.98. The molecule has 0 spiro atoms. The van der Waals surface area contributed by atoms with Crippen LogP contribution in [0.1, 0.15) is 37.2 Å². The van der Waals surface area contributed by atoms with E-state index in [0.717, 1.165) is 29.3 Å². The van der Waals surface area contributed by atoms with Gasteiger partial charge in [0.05, 0.1) is 5.69 Å². The minimum atomic E-state index is 0.00284. The number of hydrogen-bond donors (Lipinski definition) is 0. The predicted molar refractivity (Wildman–Crippen MR) is 91.7 cm³/mol. The number of hydrogen-bond acceptors (Lipinski definition) is 4. The van der Waals surface area contributed by atoms with Gasteiger partial charge in [-0.2, -0.15) is 0 Å². The van der Waals surface area contributed by atoms with E-state index in [1.165, 1.54) is 12.8 Å². The molecule has 1 saturated carbocycles. The van der Waals surface area contributed by atoms with Crippen molar-refractivity contribution in [2.24, 2.45) is 11.8 Å². The minimum Gasteiger partial charge on any atom is -0.347 e. The van der Waals surface area contributed by atoms with Gasteiger partial charge in [0.15, 0.2) is 5.78 Å². The number of nitrogens with zero attached hydrogens (tertiary/aromatic N) is 4. The van der Waals surface area contributed by atoms with Gasteiger partial charge in [0, 0.05) is 56.3 Å². The highest BCUT2D eigenvalue weighted by molar-refractivity contribution is 5.97. The van der Waals surface area contributed by atoms with Gasteiger partial charge in [-0.3, -0.25) is 4.79 Å². The van der Waals surface area contributed by atoms with Crippen LogP contribution in [0.4, 0.5) is 5.95 Å². The Hall–Kier alpha value is -2.17. The molecule has 1 aliphatic carbocycles. The number of ketones is 1. The number of anilines is 1. The molecule has 122 valence electrons. The summed E-state index contributed by atoms with van der Waals surface area (Å²) in [6.45, 7) is 4.83. The van der Waals surface area contributed by atoms with Crippen LogP contribution in [-0.4, -0.2) is 34.4 Å². The molecule has 0 N–H and O–H groups in total. The fraction of sp³-hybridized carbons (Fsp3) is 0.500. The van der Waals surface area contributed by atoms with Crippen molar-refractivity contribution in [2.45, 2.75) is 33.2 Å². The SMILES string of the molecule is CC(C)C(=O)c1cc(-c2cnc(N(C)C)nc2)cn1CC1CC1. The van der Waals surface area contributed by atoms with E-state index in [2.05, 4.69) is 20.7 Å². The number of aromatic nitrogens is 3. The van der Waals surface area contributed by atoms with Gasteiger partial charge in [0.2, 0.25) is 5.95 Å². The third-order valence-corrected chi connectivity index (χ3v) is 4.20. The maximum Gasteiger partial charge on any atom is 0.224 e. The predicted octanol–water partition coefficient (Wildman–Crippen LogP) is 3.26. The van der Waals surface area contributed by atoms with Crippen LogP contribution in [-0.2, 0) is 6.54 Å². The molecule has 0 aliphatic heterocycles. The molecule has 0 saturated heterocycles. The van der Waals surface area contributed by atoms with E-state index in [1.54, 1.807) is 0 Å². The number of rotatable bonds is 6. The van der Waals surface area contributed by atoms with Crippen LogP contribution in [0.15, 0.2) is 24.7 Å². The standard InChI is InChI=1S/C18H24N4O/c1-12(2)17(23)16-7-14(11-22(16)10-13-5-6-13)15-8-19-18(20-9-15)21(3)4/h7-9,11-13H,5-6,10H2,1-4H3. The fourth-order valence-corrected chi connectivity index (χ4v) is 2.60. The zero-order valence-electron chi connectivity index (χ0n) is 14.3. The van der Waals surface area contributed by atoms with E-state index in [9.17, 15) is 4.79 Å². The monoisotopic (exact) mass is 312 g/mol. The quantitative estimate of drug-likeness (QED) is 0.768. The van der Waals surface area contributed by atoms with Crippen molar-refractivity contribution >= 4 is 11.7 Å². The Morgan fingerprint density at radius 1 is 1.26 bits per heavy atom. The maximum absolute atomic E-state index is 12.5. The lowest BCUT2D eigenvalue weighted by molar-refractivity contribution is 0.0929. The van der Waals surface area contributed by atoms with Crippen LogP contribution in [0.25, 0.3) is 11.1 Å². The summed E-state index contributed by atoms with van der Waals surface area (Å²) in [5.41, 5.74) is 2.77. The first-order chi connectivity index (χ1) is 11.0. The third kappa shape index (κ3) is 3.44. The topological polar surface area (TPSA) is 51.0 Å². The van der Waals surface area contributed by atoms with Crippen LogP contribution < -0.4 is 4.90 Å². The molecule has 0 unspecified atom stereocenters. The van der Waals surface area contributed by atoms with Gasteiger partial charge < -0.3 is 9.47 Å². The number of carbonyl (C=O) groups excluding carboxylic acids is 1. The fourth-order valence-electron chi connectivity index (χ4n) is 2.60. The van der Waals surface area contributed by atoms with E-state index < -0.39 is 0 Å². The van der Waals surface area contributed by atoms with Crippen molar-refractivity contribution in [1.29, 1.82) is 0 Å². The van der Waals surface area contributed by atoms with Gasteiger partial charge in [-0.1, -0.05) is 13.8 Å². The average molecular weight is 312 g/mol. The normalized spacial score (nSPS) is 14.3. The van der Waals surface area contributed by atoms with Crippen molar-refractivity contribution in [3.05, 3.63) is 30.4 Å². The summed E-state index contributed by atoms with van der Waals surface area (Å²) in [5.74, 6) is 1.61. The lowest BCUT2D eigenvalue weighted by Gasteiger charge is -2.09. The second kappa shape index (κ2) is 6.14. The van der Waals surface area contributed by atoms with Gasteiger partial charge in [-0.05, 0) is 24.8 Å². The highest BCUT2D eigenvalue weighted by atomic mass is 16.1. The van der Waals surface area contributed by atoms with Gasteiger partial charge in [0.25, 0.3) is 0 Å². The molecule has 0 radical (unpaired) electrons. The zero-order valence-corrected chi connectivity index (χ0v) is 14.3. The largest absolute Gasteiger partial charge is 0.347 e. The highest BCUT2D eigenvalue weighted by Gasteiger charge is 2.25. The van der Waals surface area contributed by atoms with Crippen molar-refractivity contribution in [1.82, 2.24) is 14.5 Å². The second-order valence-electron chi connectivity index (χ2n) is 6.89. The van der Waals surface area contributed by atoms with Gasteiger partial charge in [-0.15, -0.1) is 0 Å². The molecule has 1 fully saturated rings. The van der Waals surface area contributed by atoms with Crippen LogP contribution in [0.3, 0.4) is 0 Å². The molecule has 2 aromatic heterocycles. The van der Waals surface area contributed by atoms with Crippen LogP contribution in [0, 0.1) is 11.8 Å². The Morgan fingerprint density at radius 2 is 1.91 bits per heavy atom. The summed E-state index contributed by atoms with van der Waals surface area (Å²) in [6.07, 6.45) is 8.25. The Bertz CT molecular complexity index is 696. The number of Topliss-reactive ketones (excluding diaryl/α,β-unsaturated/α-hetero) is 1. The van der Waals surface area contributed by atoms with Crippen molar-refractivity contribution in [3.8, 4) is 11.1 Å². The number of carbonyl (C=O) groups is 1. The van der Waals surface area contributed by atoms with Crippen molar-refractivity contribution in [2.75, 3.05) is 19.0 Å². The Labute approximate surface area is 137 Å². The smallest absolute Gasteiger partial charge is 0.224 e. The molecule has 0 amide bonds. The Morgan fingerprint density at radius 3 is 2.43 bits per heavy atom. The van der Waals surface area contributed by atoms with Gasteiger partial charge in [0.1, 0.15) is 0 Å². The summed E-state index contributed by atoms with van der Waals surface area (Å²) in [7, 11) is 3.83. The molecule has 5 nitrogen and oxygen atoms in total. The zero-order chi connectivity index (χ0) is 16.6. The molecule has 0 bridgehead atoms. The van der Waals surface area contributed by atoms with Gasteiger partial charge in [-0.25, -0.2) is 9.97 Å². The van der Waals surface area contributed by atoms with E-state index in [1.807, 2.05) is 51.3 Å². The molecule has 0 aromatic carbocycles. The van der Waals surface area contributed by atoms with Crippen LogP contribution in [0.2, 0.25) is 0 Å². The molecule has 1 aliphatic rings. The maximum atomic E-state index is 12.5. The van der Waals surface area contributed by atoms with E-state index >= 15 is 0 Å². The minimum absolute atomic E-state index is 0.00284. The molecular weight excluding hydrogens is 288 g/mol. The molecule has 23 heavy (non-hydrogen) atoms. The average Bonchev–Trinajstić information content (AvgIpc) is 3.24. The van der Waals surface area contributed by atoms with Crippen molar-refractivity contribution in [3.63, 3.8) is 0 Å². The molecule has 5 heteroatoms. The summed E-state index contributed by atoms with van der Waals surface area (Å²) in [4.78, 5) is 23.1. The molecular formula is C18H24N4O. The lowest BCUT2D eigenvalue weighted by atomic mass is 10.1.